The summed E-state index contributed by atoms with van der Waals surface area (Å²) in [5.41, 5.74) is 7.14. The Kier molecular flexibility index (Phi) is 11.1. The van der Waals surface area contributed by atoms with Crippen LogP contribution in [0.4, 0.5) is 5.69 Å². The van der Waals surface area contributed by atoms with Gasteiger partial charge in [0.2, 0.25) is 5.91 Å². The second-order valence-electron chi connectivity index (χ2n) is 8.08. The number of morpholine rings is 1. The van der Waals surface area contributed by atoms with Crippen molar-refractivity contribution in [2.75, 3.05) is 44.7 Å². The molecule has 1 aromatic carbocycles. The van der Waals surface area contributed by atoms with Crippen LogP contribution in [-0.4, -0.2) is 61.6 Å². The van der Waals surface area contributed by atoms with E-state index in [0.717, 1.165) is 58.5 Å². The number of benzene rings is 1. The van der Waals surface area contributed by atoms with Crippen molar-refractivity contribution >= 4 is 42.3 Å². The van der Waals surface area contributed by atoms with Gasteiger partial charge in [0.25, 0.3) is 5.91 Å². The number of carbonyl (C=O) groups excluding carboxylic acids is 2. The molecule has 1 aliphatic heterocycles. The van der Waals surface area contributed by atoms with Gasteiger partial charge in [-0.1, -0.05) is 12.8 Å². The Hall–Kier alpha value is -1.38. The Labute approximate surface area is 191 Å². The average molecular weight is 461 g/mol. The quantitative estimate of drug-likeness (QED) is 0.605. The molecule has 1 saturated carbocycles. The molecule has 1 aliphatic carbocycles. The number of rotatable bonds is 6. The number of hydrogen-bond acceptors (Lipinski definition) is 5. The highest BCUT2D eigenvalue weighted by molar-refractivity contribution is 5.96. The second-order valence-corrected chi connectivity index (χ2v) is 8.08. The summed E-state index contributed by atoms with van der Waals surface area (Å²) in [6.07, 6.45) is 3.80. The van der Waals surface area contributed by atoms with Crippen LogP contribution in [0.15, 0.2) is 24.3 Å². The summed E-state index contributed by atoms with van der Waals surface area (Å²) in [6.45, 7) is 6.72. The van der Waals surface area contributed by atoms with Crippen molar-refractivity contribution in [2.45, 2.75) is 38.1 Å². The summed E-state index contributed by atoms with van der Waals surface area (Å²) in [7, 11) is 0. The number of nitrogens with one attached hydrogen (secondary N) is 2. The van der Waals surface area contributed by atoms with Crippen molar-refractivity contribution in [3.63, 3.8) is 0 Å². The van der Waals surface area contributed by atoms with Crippen LogP contribution in [0.25, 0.3) is 0 Å². The van der Waals surface area contributed by atoms with Crippen molar-refractivity contribution in [1.29, 1.82) is 0 Å². The fraction of sp³-hybridized carbons (Fsp3) is 0.619. The molecule has 2 amide bonds. The zero-order valence-corrected chi connectivity index (χ0v) is 19.2. The lowest BCUT2D eigenvalue weighted by Crippen LogP contribution is -2.51. The van der Waals surface area contributed by atoms with Gasteiger partial charge in [0.05, 0.1) is 19.1 Å². The molecule has 2 atom stereocenters. The smallest absolute Gasteiger partial charge is 0.251 e. The van der Waals surface area contributed by atoms with E-state index in [1.807, 2.05) is 6.92 Å². The monoisotopic (exact) mass is 460 g/mol. The van der Waals surface area contributed by atoms with Gasteiger partial charge in [-0.15, -0.1) is 24.8 Å². The van der Waals surface area contributed by atoms with Crippen LogP contribution < -0.4 is 16.4 Å². The maximum Gasteiger partial charge on any atom is 0.251 e. The molecule has 4 N–H and O–H groups in total. The molecular weight excluding hydrogens is 427 g/mol. The first-order valence-electron chi connectivity index (χ1n) is 10.2. The first-order valence-corrected chi connectivity index (χ1v) is 10.2. The number of carbonyl (C=O) groups is 2. The lowest BCUT2D eigenvalue weighted by molar-refractivity contribution is -0.122. The Morgan fingerprint density at radius 2 is 1.83 bits per heavy atom. The molecule has 9 heteroatoms. The third-order valence-electron chi connectivity index (χ3n) is 5.80. The molecule has 1 saturated heterocycles. The van der Waals surface area contributed by atoms with E-state index in [-0.39, 0.29) is 42.5 Å². The van der Waals surface area contributed by atoms with E-state index in [2.05, 4.69) is 15.5 Å². The van der Waals surface area contributed by atoms with Crippen LogP contribution in [0.3, 0.4) is 0 Å². The topological polar surface area (TPSA) is 96.7 Å². The molecule has 2 fully saturated rings. The minimum Gasteiger partial charge on any atom is -0.379 e. The largest absolute Gasteiger partial charge is 0.379 e. The van der Waals surface area contributed by atoms with Gasteiger partial charge in [-0.05, 0) is 44.0 Å². The summed E-state index contributed by atoms with van der Waals surface area (Å²) < 4.78 is 5.32. The SMILES string of the molecule is CC1(N)CCCCC1C(=O)Nc1ccc(C(=O)NCCN2CCOCC2)cc1.Cl.Cl. The number of halogens is 2. The van der Waals surface area contributed by atoms with Crippen LogP contribution in [-0.2, 0) is 9.53 Å². The number of anilines is 1. The van der Waals surface area contributed by atoms with E-state index in [1.165, 1.54) is 0 Å². The molecule has 0 aromatic heterocycles. The van der Waals surface area contributed by atoms with Crippen molar-refractivity contribution in [3.8, 4) is 0 Å². The summed E-state index contributed by atoms with van der Waals surface area (Å²) in [5.74, 6) is -0.315. The van der Waals surface area contributed by atoms with Crippen LogP contribution in [0.1, 0.15) is 43.0 Å². The number of amides is 2. The van der Waals surface area contributed by atoms with Crippen LogP contribution >= 0.6 is 24.8 Å². The summed E-state index contributed by atoms with van der Waals surface area (Å²) in [4.78, 5) is 27.2. The first-order chi connectivity index (χ1) is 13.5. The molecule has 30 heavy (non-hydrogen) atoms. The second kappa shape index (κ2) is 12.5. The molecule has 2 aliphatic rings. The molecule has 1 aromatic rings. The van der Waals surface area contributed by atoms with Crippen molar-refractivity contribution in [3.05, 3.63) is 29.8 Å². The van der Waals surface area contributed by atoms with E-state index in [1.54, 1.807) is 24.3 Å². The Bertz CT molecular complexity index is 679. The highest BCUT2D eigenvalue weighted by atomic mass is 35.5. The minimum atomic E-state index is -0.456. The first kappa shape index (κ1) is 26.7. The van der Waals surface area contributed by atoms with Crippen LogP contribution in [0.5, 0.6) is 0 Å². The van der Waals surface area contributed by atoms with E-state index in [9.17, 15) is 9.59 Å². The van der Waals surface area contributed by atoms with Gasteiger partial charge in [-0.25, -0.2) is 0 Å². The van der Waals surface area contributed by atoms with Crippen molar-refractivity contribution < 1.29 is 14.3 Å². The van der Waals surface area contributed by atoms with Crippen molar-refractivity contribution in [1.82, 2.24) is 10.2 Å². The average Bonchev–Trinajstić information content (AvgIpc) is 2.69. The van der Waals surface area contributed by atoms with Gasteiger partial charge in [0, 0.05) is 43.0 Å². The van der Waals surface area contributed by atoms with E-state index >= 15 is 0 Å². The molecule has 3 rings (SSSR count). The summed E-state index contributed by atoms with van der Waals surface area (Å²) in [6, 6.07) is 7.02. The highest BCUT2D eigenvalue weighted by Crippen LogP contribution is 2.32. The van der Waals surface area contributed by atoms with Crippen LogP contribution in [0, 0.1) is 5.92 Å². The highest BCUT2D eigenvalue weighted by Gasteiger charge is 2.37. The Morgan fingerprint density at radius 3 is 2.47 bits per heavy atom. The molecule has 170 valence electrons. The minimum absolute atomic E-state index is 0. The van der Waals surface area contributed by atoms with Gasteiger partial charge in [0.15, 0.2) is 0 Å². The van der Waals surface area contributed by atoms with Gasteiger partial charge >= 0.3 is 0 Å². The maximum atomic E-state index is 12.6. The normalized spacial score (nSPS) is 24.1. The molecule has 0 spiro atoms. The van der Waals surface area contributed by atoms with Gasteiger partial charge in [0.1, 0.15) is 0 Å². The fourth-order valence-corrected chi connectivity index (χ4v) is 3.98. The summed E-state index contributed by atoms with van der Waals surface area (Å²) >= 11 is 0. The zero-order valence-electron chi connectivity index (χ0n) is 17.5. The molecule has 0 radical (unpaired) electrons. The maximum absolute atomic E-state index is 12.6. The number of nitrogens with two attached hydrogens (primary N) is 1. The lowest BCUT2D eigenvalue weighted by Gasteiger charge is -2.37. The van der Waals surface area contributed by atoms with Gasteiger partial charge in [-0.3, -0.25) is 14.5 Å². The molecule has 1 heterocycles. The third-order valence-corrected chi connectivity index (χ3v) is 5.80. The van der Waals surface area contributed by atoms with Gasteiger partial charge < -0.3 is 21.1 Å². The number of ether oxygens (including phenoxy) is 1. The molecule has 7 nitrogen and oxygen atoms in total. The number of nitrogens with zero attached hydrogens (tertiary/aromatic N) is 1. The predicted molar refractivity (Wildman–Crippen MR) is 124 cm³/mol. The third kappa shape index (κ3) is 7.39. The standard InChI is InChI=1S/C21H32N4O3.2ClH/c1-21(22)9-3-2-4-18(21)20(27)24-17-7-5-16(6-8-17)19(26)23-10-11-25-12-14-28-15-13-25;;/h5-8,18H,2-4,9-15,22H2,1H3,(H,23,26)(H,24,27);2*1H. The Balaban J connectivity index is 0.00000225. The predicted octanol–water partition coefficient (Wildman–Crippen LogP) is 2.44. The fourth-order valence-electron chi connectivity index (χ4n) is 3.98. The van der Waals surface area contributed by atoms with Crippen LogP contribution in [0.2, 0.25) is 0 Å². The number of hydrogen-bond donors (Lipinski definition) is 3. The molecule has 0 bridgehead atoms. The van der Waals surface area contributed by atoms with E-state index in [4.69, 9.17) is 10.5 Å². The van der Waals surface area contributed by atoms with E-state index < -0.39 is 5.54 Å². The zero-order chi connectivity index (χ0) is 20.0. The van der Waals surface area contributed by atoms with Crippen molar-refractivity contribution in [2.24, 2.45) is 11.7 Å². The van der Waals surface area contributed by atoms with Gasteiger partial charge in [-0.2, -0.15) is 0 Å². The lowest BCUT2D eigenvalue weighted by atomic mass is 9.74. The molecular formula is C21H34Cl2N4O3. The Morgan fingerprint density at radius 1 is 1.17 bits per heavy atom. The molecule has 2 unspecified atom stereocenters. The van der Waals surface area contributed by atoms with E-state index in [0.29, 0.717) is 17.8 Å². The summed E-state index contributed by atoms with van der Waals surface area (Å²) in [5, 5.41) is 5.89.